The van der Waals surface area contributed by atoms with Crippen molar-refractivity contribution < 1.29 is 4.74 Å². The minimum Gasteiger partial charge on any atom is -0.490 e. The van der Waals surface area contributed by atoms with Gasteiger partial charge >= 0.3 is 0 Å². The van der Waals surface area contributed by atoms with Gasteiger partial charge in [-0.2, -0.15) is 0 Å². The second-order valence-electron chi connectivity index (χ2n) is 5.07. The molecule has 0 aromatic heterocycles. The zero-order chi connectivity index (χ0) is 13.8. The molecular weight excluding hydrogens is 438 g/mol. The summed E-state index contributed by atoms with van der Waals surface area (Å²) < 4.78 is 8.78. The van der Waals surface area contributed by atoms with E-state index in [9.17, 15) is 0 Å². The van der Waals surface area contributed by atoms with E-state index >= 15 is 0 Å². The molecular formula is C14H18Br3NO. The van der Waals surface area contributed by atoms with Crippen LogP contribution in [0.2, 0.25) is 0 Å². The normalized spacial score (nSPS) is 18.3. The lowest BCUT2D eigenvalue weighted by molar-refractivity contribution is 0.212. The molecule has 0 saturated heterocycles. The molecule has 106 valence electrons. The van der Waals surface area contributed by atoms with E-state index in [0.29, 0.717) is 12.5 Å². The van der Waals surface area contributed by atoms with E-state index in [1.54, 1.807) is 0 Å². The van der Waals surface area contributed by atoms with E-state index in [1.165, 1.54) is 32.1 Å². The van der Waals surface area contributed by atoms with Gasteiger partial charge in [0.15, 0.2) is 0 Å². The summed E-state index contributed by atoms with van der Waals surface area (Å²) in [6, 6.07) is 4.08. The van der Waals surface area contributed by atoms with Crippen LogP contribution >= 0.6 is 47.8 Å². The van der Waals surface area contributed by atoms with E-state index in [0.717, 1.165) is 19.2 Å². The number of hydrogen-bond donors (Lipinski definition) is 1. The first-order valence-corrected chi connectivity index (χ1v) is 8.98. The average Bonchev–Trinajstić information content (AvgIpc) is 2.38. The van der Waals surface area contributed by atoms with Gasteiger partial charge in [-0.15, -0.1) is 0 Å². The lowest BCUT2D eigenvalue weighted by Crippen LogP contribution is -2.37. The van der Waals surface area contributed by atoms with Crippen LogP contribution in [-0.4, -0.2) is 12.6 Å². The predicted molar refractivity (Wildman–Crippen MR) is 89.6 cm³/mol. The van der Waals surface area contributed by atoms with Gasteiger partial charge in [-0.05, 0) is 62.8 Å². The van der Waals surface area contributed by atoms with Crippen LogP contribution in [0.15, 0.2) is 25.6 Å². The molecule has 1 aliphatic carbocycles. The highest BCUT2D eigenvalue weighted by atomic mass is 79.9. The lowest BCUT2D eigenvalue weighted by Gasteiger charge is -2.27. The summed E-state index contributed by atoms with van der Waals surface area (Å²) in [6.45, 7) is 0.573. The van der Waals surface area contributed by atoms with Gasteiger partial charge in [-0.25, -0.2) is 0 Å². The number of nitrogens with two attached hydrogens (primary N) is 1. The second kappa shape index (κ2) is 7.43. The third-order valence-corrected chi connectivity index (χ3v) is 5.27. The molecule has 2 rings (SSSR count). The van der Waals surface area contributed by atoms with Crippen molar-refractivity contribution in [3.63, 3.8) is 0 Å². The molecule has 0 aliphatic heterocycles. The Kier molecular flexibility index (Phi) is 6.18. The molecule has 1 saturated carbocycles. The van der Waals surface area contributed by atoms with Crippen LogP contribution in [-0.2, 0) is 0 Å². The van der Waals surface area contributed by atoms with Crippen LogP contribution in [0.1, 0.15) is 32.1 Å². The molecule has 2 N–H and O–H groups in total. The van der Waals surface area contributed by atoms with Crippen molar-refractivity contribution in [3.8, 4) is 5.75 Å². The van der Waals surface area contributed by atoms with Gasteiger partial charge < -0.3 is 10.5 Å². The lowest BCUT2D eigenvalue weighted by atomic mass is 9.84. The summed E-state index contributed by atoms with van der Waals surface area (Å²) in [5, 5.41) is 0. The first-order chi connectivity index (χ1) is 9.08. The quantitative estimate of drug-likeness (QED) is 0.672. The van der Waals surface area contributed by atoms with Crippen LogP contribution in [0.5, 0.6) is 5.75 Å². The van der Waals surface area contributed by atoms with E-state index in [4.69, 9.17) is 10.5 Å². The van der Waals surface area contributed by atoms with Gasteiger partial charge in [0, 0.05) is 10.5 Å². The van der Waals surface area contributed by atoms with E-state index in [-0.39, 0.29) is 6.04 Å². The first-order valence-electron chi connectivity index (χ1n) is 6.61. The van der Waals surface area contributed by atoms with E-state index < -0.39 is 0 Å². The fraction of sp³-hybridized carbons (Fsp3) is 0.571. The van der Waals surface area contributed by atoms with Gasteiger partial charge in [-0.3, -0.25) is 0 Å². The minimum absolute atomic E-state index is 0.128. The molecule has 1 fully saturated rings. The maximum atomic E-state index is 6.26. The van der Waals surface area contributed by atoms with Crippen molar-refractivity contribution in [2.24, 2.45) is 11.7 Å². The zero-order valence-electron chi connectivity index (χ0n) is 10.7. The maximum Gasteiger partial charge on any atom is 0.147 e. The van der Waals surface area contributed by atoms with Crippen molar-refractivity contribution in [1.29, 1.82) is 0 Å². The van der Waals surface area contributed by atoms with Crippen molar-refractivity contribution in [2.45, 2.75) is 38.1 Å². The SMILES string of the molecule is NC(COc1c(Br)cc(Br)cc1Br)C1CCCCC1. The molecule has 1 unspecified atom stereocenters. The highest BCUT2D eigenvalue weighted by molar-refractivity contribution is 9.11. The minimum atomic E-state index is 0.128. The van der Waals surface area contributed by atoms with Crippen molar-refractivity contribution >= 4 is 47.8 Å². The van der Waals surface area contributed by atoms with Crippen LogP contribution in [0.3, 0.4) is 0 Å². The van der Waals surface area contributed by atoms with Gasteiger partial charge in [-0.1, -0.05) is 35.2 Å². The molecule has 0 spiro atoms. The third kappa shape index (κ3) is 4.45. The molecule has 0 bridgehead atoms. The van der Waals surface area contributed by atoms with E-state index in [2.05, 4.69) is 47.8 Å². The van der Waals surface area contributed by atoms with Crippen LogP contribution in [0, 0.1) is 5.92 Å². The number of hydrogen-bond acceptors (Lipinski definition) is 2. The summed E-state index contributed by atoms with van der Waals surface area (Å²) >= 11 is 10.5. The summed E-state index contributed by atoms with van der Waals surface area (Å²) in [7, 11) is 0. The fourth-order valence-electron chi connectivity index (χ4n) is 2.54. The van der Waals surface area contributed by atoms with Crippen LogP contribution in [0.25, 0.3) is 0 Å². The monoisotopic (exact) mass is 453 g/mol. The smallest absolute Gasteiger partial charge is 0.147 e. The van der Waals surface area contributed by atoms with E-state index in [1.807, 2.05) is 12.1 Å². The Morgan fingerprint density at radius 1 is 1.11 bits per heavy atom. The summed E-state index contributed by atoms with van der Waals surface area (Å²) in [6.07, 6.45) is 6.46. The largest absolute Gasteiger partial charge is 0.490 e. The van der Waals surface area contributed by atoms with Gasteiger partial charge in [0.2, 0.25) is 0 Å². The molecule has 0 radical (unpaired) electrons. The first kappa shape index (κ1) is 15.8. The van der Waals surface area contributed by atoms with Crippen molar-refractivity contribution in [1.82, 2.24) is 0 Å². The summed E-state index contributed by atoms with van der Waals surface area (Å²) in [5.41, 5.74) is 6.26. The standard InChI is InChI=1S/C14H18Br3NO/c15-10-6-11(16)14(12(17)7-10)19-8-13(18)9-4-2-1-3-5-9/h6-7,9,13H,1-5,8,18H2. The topological polar surface area (TPSA) is 35.2 Å². The predicted octanol–water partition coefficient (Wildman–Crippen LogP) is 5.26. The zero-order valence-corrected chi connectivity index (χ0v) is 15.4. The highest BCUT2D eigenvalue weighted by Crippen LogP contribution is 2.36. The Morgan fingerprint density at radius 3 is 2.26 bits per heavy atom. The average molecular weight is 456 g/mol. The Bertz CT molecular complexity index is 410. The summed E-state index contributed by atoms with van der Waals surface area (Å²) in [4.78, 5) is 0. The Hall–Kier alpha value is 0.420. The molecule has 19 heavy (non-hydrogen) atoms. The fourth-order valence-corrected chi connectivity index (χ4v) is 5.03. The number of rotatable bonds is 4. The van der Waals surface area contributed by atoms with Crippen molar-refractivity contribution in [2.75, 3.05) is 6.61 Å². The number of halogens is 3. The molecule has 1 atom stereocenters. The van der Waals surface area contributed by atoms with Crippen LogP contribution < -0.4 is 10.5 Å². The van der Waals surface area contributed by atoms with Gasteiger partial charge in [0.05, 0.1) is 8.95 Å². The Balaban J connectivity index is 1.94. The van der Waals surface area contributed by atoms with Crippen LogP contribution in [0.4, 0.5) is 0 Å². The van der Waals surface area contributed by atoms with Gasteiger partial charge in [0.1, 0.15) is 12.4 Å². The number of ether oxygens (including phenoxy) is 1. The maximum absolute atomic E-state index is 6.26. The third-order valence-electron chi connectivity index (χ3n) is 3.64. The molecule has 1 aromatic rings. The Morgan fingerprint density at radius 2 is 1.68 bits per heavy atom. The van der Waals surface area contributed by atoms with Crippen molar-refractivity contribution in [3.05, 3.63) is 25.6 Å². The molecule has 2 nitrogen and oxygen atoms in total. The molecule has 0 heterocycles. The summed E-state index contributed by atoms with van der Waals surface area (Å²) in [5.74, 6) is 1.44. The molecule has 0 amide bonds. The molecule has 1 aromatic carbocycles. The molecule has 1 aliphatic rings. The second-order valence-corrected chi connectivity index (χ2v) is 7.70. The van der Waals surface area contributed by atoms with Gasteiger partial charge in [0.25, 0.3) is 0 Å². The Labute approximate surface area is 139 Å². The highest BCUT2D eigenvalue weighted by Gasteiger charge is 2.21. The number of benzene rings is 1. The molecule has 5 heteroatoms.